The Labute approximate surface area is 444 Å². The molecular formula is C56H93NO18. The lowest BCUT2D eigenvalue weighted by Gasteiger charge is -2.48. The van der Waals surface area contributed by atoms with Crippen LogP contribution in [0, 0.1) is 0 Å². The molecule has 12 N–H and O–H groups in total. The number of allylic oxidation sites excluding steroid dienone is 13. The van der Waals surface area contributed by atoms with Crippen LogP contribution in [-0.2, 0) is 33.2 Å². The molecule has 0 aromatic carbocycles. The lowest BCUT2D eigenvalue weighted by Crippen LogP contribution is -2.66. The third-order valence-corrected chi connectivity index (χ3v) is 13.1. The zero-order valence-corrected chi connectivity index (χ0v) is 44.2. The summed E-state index contributed by atoms with van der Waals surface area (Å²) in [4.78, 5) is 13.3. The molecule has 17 atom stereocenters. The quantitative estimate of drug-likeness (QED) is 0.0314. The first-order chi connectivity index (χ1) is 36.3. The van der Waals surface area contributed by atoms with Gasteiger partial charge in [0.1, 0.15) is 73.2 Å². The number of aliphatic hydroxyl groups excluding tert-OH is 11. The fraction of sp³-hybridized carbons (Fsp3) is 0.732. The third-order valence-electron chi connectivity index (χ3n) is 13.1. The number of hydrogen-bond acceptors (Lipinski definition) is 18. The van der Waals surface area contributed by atoms with E-state index in [2.05, 4.69) is 92.1 Å². The molecule has 19 heteroatoms. The van der Waals surface area contributed by atoms with E-state index in [4.69, 9.17) is 28.4 Å². The Bertz CT molecular complexity index is 1700. The van der Waals surface area contributed by atoms with Crippen LogP contribution in [0.3, 0.4) is 0 Å². The van der Waals surface area contributed by atoms with Gasteiger partial charge in [-0.15, -0.1) is 0 Å². The van der Waals surface area contributed by atoms with Crippen molar-refractivity contribution in [3.05, 3.63) is 85.1 Å². The highest BCUT2D eigenvalue weighted by atomic mass is 16.8. The number of unbranched alkanes of at least 4 members (excludes halogenated alkanes) is 9. The van der Waals surface area contributed by atoms with Gasteiger partial charge in [-0.05, 0) is 77.0 Å². The van der Waals surface area contributed by atoms with Crippen molar-refractivity contribution >= 4 is 5.91 Å². The average Bonchev–Trinajstić information content (AvgIpc) is 3.41. The Kier molecular flexibility index (Phi) is 34.8. The lowest BCUT2D eigenvalue weighted by atomic mass is 9.96. The molecule has 17 unspecified atom stereocenters. The zero-order chi connectivity index (χ0) is 54.8. The summed E-state index contributed by atoms with van der Waals surface area (Å²) < 4.78 is 34.1. The Balaban J connectivity index is 1.53. The minimum Gasteiger partial charge on any atom is -0.394 e. The summed E-state index contributed by atoms with van der Waals surface area (Å²) in [6, 6.07) is -1.01. The summed E-state index contributed by atoms with van der Waals surface area (Å²) in [6.45, 7) is 1.44. The smallest absolute Gasteiger partial charge is 0.220 e. The minimum absolute atomic E-state index is 0.210. The van der Waals surface area contributed by atoms with E-state index in [-0.39, 0.29) is 18.9 Å². The van der Waals surface area contributed by atoms with E-state index in [1.807, 2.05) is 0 Å². The molecule has 1 amide bonds. The predicted molar refractivity (Wildman–Crippen MR) is 281 cm³/mol. The summed E-state index contributed by atoms with van der Waals surface area (Å²) in [5, 5.41) is 120. The molecule has 3 aliphatic heterocycles. The molecule has 3 heterocycles. The number of rotatable bonds is 37. The maximum absolute atomic E-state index is 13.3. The van der Waals surface area contributed by atoms with Crippen LogP contribution in [0.15, 0.2) is 85.1 Å². The molecule has 3 aliphatic rings. The average molecular weight is 1070 g/mol. The third kappa shape index (κ3) is 24.3. The molecular weight excluding hydrogens is 975 g/mol. The number of ether oxygens (including phenoxy) is 6. The molecule has 0 aromatic rings. The summed E-state index contributed by atoms with van der Waals surface area (Å²) >= 11 is 0. The van der Waals surface area contributed by atoms with Gasteiger partial charge in [-0.1, -0.05) is 131 Å². The fourth-order valence-corrected chi connectivity index (χ4v) is 8.63. The largest absolute Gasteiger partial charge is 0.394 e. The first-order valence-electron chi connectivity index (χ1n) is 27.3. The van der Waals surface area contributed by atoms with E-state index in [1.165, 1.54) is 0 Å². The van der Waals surface area contributed by atoms with Gasteiger partial charge in [-0.3, -0.25) is 4.79 Å². The van der Waals surface area contributed by atoms with Crippen LogP contribution < -0.4 is 5.32 Å². The van der Waals surface area contributed by atoms with E-state index < -0.39 is 124 Å². The molecule has 0 saturated carbocycles. The van der Waals surface area contributed by atoms with Gasteiger partial charge in [0, 0.05) is 6.42 Å². The maximum atomic E-state index is 13.3. The van der Waals surface area contributed by atoms with Crippen molar-refractivity contribution < 1.29 is 89.4 Å². The molecule has 3 fully saturated rings. The van der Waals surface area contributed by atoms with Crippen molar-refractivity contribution in [2.45, 2.75) is 234 Å². The molecule has 0 bridgehead atoms. The fourth-order valence-electron chi connectivity index (χ4n) is 8.63. The van der Waals surface area contributed by atoms with Crippen LogP contribution in [0.2, 0.25) is 0 Å². The van der Waals surface area contributed by atoms with E-state index in [9.17, 15) is 61.0 Å². The monoisotopic (exact) mass is 1070 g/mol. The van der Waals surface area contributed by atoms with Crippen LogP contribution in [0.4, 0.5) is 0 Å². The van der Waals surface area contributed by atoms with Crippen LogP contribution in [0.5, 0.6) is 0 Å². The van der Waals surface area contributed by atoms with Gasteiger partial charge >= 0.3 is 0 Å². The van der Waals surface area contributed by atoms with E-state index in [1.54, 1.807) is 12.2 Å². The van der Waals surface area contributed by atoms with Crippen molar-refractivity contribution in [2.24, 2.45) is 0 Å². The zero-order valence-electron chi connectivity index (χ0n) is 44.2. The van der Waals surface area contributed by atoms with Crippen LogP contribution in [0.25, 0.3) is 0 Å². The molecule has 430 valence electrons. The molecule has 0 spiro atoms. The molecule has 3 rings (SSSR count). The highest BCUT2D eigenvalue weighted by Crippen LogP contribution is 2.33. The summed E-state index contributed by atoms with van der Waals surface area (Å²) in [7, 11) is 0. The van der Waals surface area contributed by atoms with E-state index >= 15 is 0 Å². The van der Waals surface area contributed by atoms with Crippen molar-refractivity contribution in [2.75, 3.05) is 26.4 Å². The second-order valence-electron chi connectivity index (χ2n) is 19.3. The van der Waals surface area contributed by atoms with Crippen molar-refractivity contribution in [1.29, 1.82) is 0 Å². The molecule has 75 heavy (non-hydrogen) atoms. The normalized spacial score (nSPS) is 31.9. The van der Waals surface area contributed by atoms with Gasteiger partial charge in [0.2, 0.25) is 5.91 Å². The number of nitrogens with one attached hydrogen (secondary N) is 1. The predicted octanol–water partition coefficient (Wildman–Crippen LogP) is 3.25. The topological polar surface area (TPSA) is 307 Å². The minimum atomic E-state index is -1.99. The van der Waals surface area contributed by atoms with Gasteiger partial charge in [0.05, 0.1) is 38.6 Å². The van der Waals surface area contributed by atoms with Gasteiger partial charge in [0.25, 0.3) is 0 Å². The summed E-state index contributed by atoms with van der Waals surface area (Å²) in [5.41, 5.74) is 0. The SMILES string of the molecule is CC/C=C\C/C=C\C/C=C\C/C=C\CCCCCCCCC(=O)NC(COC1OC(CO)C(OC2OC(CO)C(OC3OC(CO)C(O)C(O)C3O)C(O)C2O)C(O)C1O)C(O)/C=C/CC/C=C/CC/C=C/CCC. The highest BCUT2D eigenvalue weighted by molar-refractivity contribution is 5.76. The molecule has 0 aliphatic carbocycles. The van der Waals surface area contributed by atoms with E-state index in [0.29, 0.717) is 12.8 Å². The van der Waals surface area contributed by atoms with Gasteiger partial charge in [0.15, 0.2) is 18.9 Å². The maximum Gasteiger partial charge on any atom is 0.220 e. The Morgan fingerprint density at radius 1 is 0.493 bits per heavy atom. The second kappa shape index (κ2) is 39.3. The summed E-state index contributed by atoms with van der Waals surface area (Å²) in [5.74, 6) is -0.312. The summed E-state index contributed by atoms with van der Waals surface area (Å²) in [6.07, 6.45) is 18.7. The van der Waals surface area contributed by atoms with Gasteiger partial charge in [-0.25, -0.2) is 0 Å². The Hall–Kier alpha value is -3.03. The molecule has 0 aromatic heterocycles. The number of aliphatic hydroxyl groups is 11. The molecule has 0 radical (unpaired) electrons. The number of hydrogen-bond donors (Lipinski definition) is 12. The Morgan fingerprint density at radius 2 is 0.933 bits per heavy atom. The first-order valence-corrected chi connectivity index (χ1v) is 27.3. The number of carbonyl (C=O) groups is 1. The van der Waals surface area contributed by atoms with Crippen LogP contribution in [-0.4, -0.2) is 193 Å². The number of carbonyl (C=O) groups excluding carboxylic acids is 1. The van der Waals surface area contributed by atoms with Crippen LogP contribution >= 0.6 is 0 Å². The van der Waals surface area contributed by atoms with Gasteiger partial charge in [-0.2, -0.15) is 0 Å². The van der Waals surface area contributed by atoms with Gasteiger partial charge < -0.3 is 89.9 Å². The van der Waals surface area contributed by atoms with Crippen molar-refractivity contribution in [1.82, 2.24) is 5.32 Å². The van der Waals surface area contributed by atoms with Crippen molar-refractivity contribution in [3.63, 3.8) is 0 Å². The lowest BCUT2D eigenvalue weighted by molar-refractivity contribution is -0.379. The second-order valence-corrected chi connectivity index (χ2v) is 19.3. The van der Waals surface area contributed by atoms with Crippen LogP contribution in [0.1, 0.15) is 129 Å². The van der Waals surface area contributed by atoms with E-state index in [0.717, 1.165) is 96.3 Å². The van der Waals surface area contributed by atoms with Crippen molar-refractivity contribution in [3.8, 4) is 0 Å². The molecule has 3 saturated heterocycles. The standard InChI is InChI=1S/C56H93NO18/c1-3-5-7-9-11-13-15-16-17-18-19-20-21-22-24-26-28-30-32-34-44(62)57-39(40(61)33-31-29-27-25-23-14-12-10-8-6-4-2)38-70-54-50(68)47(65)52(42(36-59)72-54)75-56-51(69)48(66)53(43(37-60)73-56)74-55-49(67)46(64)45(63)41(35-58)71-55/h5,7-8,10-11,13,16-17,19-20,23,25,31,33,39-43,45-56,58-61,63-69H,3-4,6,9,12,14-15,18,21-22,24,26-30,32,34-38H2,1-2H3,(H,57,62)/b7-5-,10-8+,13-11-,17-16-,20-19-,25-23+,33-31+. The molecule has 19 nitrogen and oxygen atoms in total. The highest BCUT2D eigenvalue weighted by Gasteiger charge is 2.53. The number of amides is 1. The Morgan fingerprint density at radius 3 is 1.48 bits per heavy atom. The first kappa shape index (κ1) is 66.3.